The first-order valence-corrected chi connectivity index (χ1v) is 10.2. The van der Waals surface area contributed by atoms with E-state index in [1.54, 1.807) is 7.05 Å². The van der Waals surface area contributed by atoms with Gasteiger partial charge in [0.2, 0.25) is 5.91 Å². The first kappa shape index (κ1) is 18.2. The molecule has 1 spiro atoms. The summed E-state index contributed by atoms with van der Waals surface area (Å²) in [4.78, 5) is 28.8. The van der Waals surface area contributed by atoms with E-state index in [4.69, 9.17) is 0 Å². The van der Waals surface area contributed by atoms with Crippen LogP contribution < -0.4 is 10.6 Å². The van der Waals surface area contributed by atoms with Crippen molar-refractivity contribution >= 4 is 11.9 Å². The number of carbonyl (C=O) groups excluding carboxylic acids is 1. The van der Waals surface area contributed by atoms with E-state index in [0.717, 1.165) is 64.7 Å². The second-order valence-electron chi connectivity index (χ2n) is 8.59. The number of rotatable bonds is 4. The number of likely N-dealkylation sites (N-methyl/N-ethyl adjacent to an activating group) is 1. The molecular formula is C19H32N4O3. The molecule has 1 aliphatic carbocycles. The summed E-state index contributed by atoms with van der Waals surface area (Å²) < 4.78 is 0. The molecule has 0 aromatic heterocycles. The van der Waals surface area contributed by atoms with Crippen LogP contribution in [0.25, 0.3) is 0 Å². The van der Waals surface area contributed by atoms with Crippen LogP contribution in [0.15, 0.2) is 0 Å². The fraction of sp³-hybridized carbons (Fsp3) is 0.895. The molecule has 7 heteroatoms. The smallest absolute Gasteiger partial charge is 0.308 e. The predicted molar refractivity (Wildman–Crippen MR) is 97.8 cm³/mol. The number of piperidine rings is 1. The average Bonchev–Trinajstić information content (AvgIpc) is 3.29. The molecule has 0 radical (unpaired) electrons. The molecule has 0 bridgehead atoms. The van der Waals surface area contributed by atoms with E-state index in [0.29, 0.717) is 18.6 Å². The highest BCUT2D eigenvalue weighted by Gasteiger charge is 2.59. The molecular weight excluding hydrogens is 332 g/mol. The largest absolute Gasteiger partial charge is 0.481 e. The Balaban J connectivity index is 1.37. The third-order valence-electron chi connectivity index (χ3n) is 7.59. The first-order chi connectivity index (χ1) is 12.6. The Labute approximate surface area is 155 Å². The zero-order chi connectivity index (χ0) is 18.3. The normalized spacial score (nSPS) is 39.2. The number of carbonyl (C=O) groups is 2. The van der Waals surface area contributed by atoms with E-state index in [1.165, 1.54) is 0 Å². The van der Waals surface area contributed by atoms with Gasteiger partial charge in [-0.2, -0.15) is 0 Å². The molecule has 0 aromatic rings. The molecule has 1 amide bonds. The third kappa shape index (κ3) is 2.84. The van der Waals surface area contributed by atoms with Crippen molar-refractivity contribution in [1.82, 2.24) is 20.4 Å². The van der Waals surface area contributed by atoms with Gasteiger partial charge in [0.15, 0.2) is 0 Å². The zero-order valence-electron chi connectivity index (χ0n) is 15.7. The molecule has 7 nitrogen and oxygen atoms in total. The Kier molecular flexibility index (Phi) is 4.96. The van der Waals surface area contributed by atoms with Crippen molar-refractivity contribution in [3.63, 3.8) is 0 Å². The topological polar surface area (TPSA) is 84.9 Å². The van der Waals surface area contributed by atoms with Gasteiger partial charge < -0.3 is 15.7 Å². The standard InChI is InChI=1S/C19H32N4O3/c1-20-17(24)15-3-2-8-23(15)13-5-9-22(10-6-13)16-4-7-19(16)12-21-11-14(19)18(25)26/h13-16,21H,2-12H2,1H3,(H,20,24)(H,25,26). The number of amides is 1. The van der Waals surface area contributed by atoms with Crippen LogP contribution in [-0.4, -0.2) is 84.7 Å². The van der Waals surface area contributed by atoms with Crippen LogP contribution in [0.4, 0.5) is 0 Å². The molecule has 1 saturated carbocycles. The molecule has 3 heterocycles. The number of hydrogen-bond acceptors (Lipinski definition) is 5. The summed E-state index contributed by atoms with van der Waals surface area (Å²) in [5, 5.41) is 15.8. The van der Waals surface area contributed by atoms with Gasteiger partial charge in [-0.1, -0.05) is 0 Å². The van der Waals surface area contributed by atoms with Crippen LogP contribution in [-0.2, 0) is 9.59 Å². The fourth-order valence-corrected chi connectivity index (χ4v) is 6.12. The van der Waals surface area contributed by atoms with E-state index < -0.39 is 5.97 Å². The summed E-state index contributed by atoms with van der Waals surface area (Å²) >= 11 is 0. The van der Waals surface area contributed by atoms with E-state index in [9.17, 15) is 14.7 Å². The molecule has 26 heavy (non-hydrogen) atoms. The number of likely N-dealkylation sites (tertiary alicyclic amines) is 2. The first-order valence-electron chi connectivity index (χ1n) is 10.2. The molecule has 3 N–H and O–H groups in total. The third-order valence-corrected chi connectivity index (χ3v) is 7.59. The number of nitrogens with one attached hydrogen (secondary N) is 2. The Morgan fingerprint density at radius 2 is 1.92 bits per heavy atom. The van der Waals surface area contributed by atoms with Gasteiger partial charge in [0, 0.05) is 37.6 Å². The van der Waals surface area contributed by atoms with Gasteiger partial charge in [-0.25, -0.2) is 0 Å². The Morgan fingerprint density at radius 3 is 2.54 bits per heavy atom. The molecule has 4 atom stereocenters. The minimum atomic E-state index is -0.639. The Bertz CT molecular complexity index is 563. The highest BCUT2D eigenvalue weighted by Crippen LogP contribution is 2.52. The Morgan fingerprint density at radius 1 is 1.15 bits per heavy atom. The van der Waals surface area contributed by atoms with Gasteiger partial charge in [-0.3, -0.25) is 19.4 Å². The van der Waals surface area contributed by atoms with Crippen molar-refractivity contribution in [1.29, 1.82) is 0 Å². The minimum Gasteiger partial charge on any atom is -0.481 e. The number of hydrogen-bond donors (Lipinski definition) is 3. The maximum absolute atomic E-state index is 12.1. The minimum absolute atomic E-state index is 0.0435. The molecule has 4 unspecified atom stereocenters. The zero-order valence-corrected chi connectivity index (χ0v) is 15.7. The summed E-state index contributed by atoms with van der Waals surface area (Å²) in [6.07, 6.45) is 6.41. The van der Waals surface area contributed by atoms with Gasteiger partial charge in [-0.05, 0) is 58.2 Å². The van der Waals surface area contributed by atoms with Crippen molar-refractivity contribution in [3.8, 4) is 0 Å². The molecule has 146 valence electrons. The van der Waals surface area contributed by atoms with Crippen LogP contribution in [0.2, 0.25) is 0 Å². The van der Waals surface area contributed by atoms with Crippen LogP contribution in [0, 0.1) is 11.3 Å². The van der Waals surface area contributed by atoms with Gasteiger partial charge in [-0.15, -0.1) is 0 Å². The van der Waals surface area contributed by atoms with Crippen LogP contribution >= 0.6 is 0 Å². The lowest BCUT2D eigenvalue weighted by Gasteiger charge is -2.56. The van der Waals surface area contributed by atoms with Crippen LogP contribution in [0.5, 0.6) is 0 Å². The highest BCUT2D eigenvalue weighted by molar-refractivity contribution is 5.81. The number of aliphatic carboxylic acids is 1. The maximum atomic E-state index is 12.1. The van der Waals surface area contributed by atoms with Gasteiger partial charge in [0.25, 0.3) is 0 Å². The van der Waals surface area contributed by atoms with Crippen molar-refractivity contribution < 1.29 is 14.7 Å². The SMILES string of the molecule is CNC(=O)C1CCCN1C1CCN(C2CCC23CNCC3C(=O)O)CC1. The second kappa shape index (κ2) is 7.09. The lowest BCUT2D eigenvalue weighted by molar-refractivity contribution is -0.152. The summed E-state index contributed by atoms with van der Waals surface area (Å²) in [5.74, 6) is -0.723. The van der Waals surface area contributed by atoms with Gasteiger partial charge >= 0.3 is 5.97 Å². The van der Waals surface area contributed by atoms with Crippen molar-refractivity contribution in [2.75, 3.05) is 39.8 Å². The van der Waals surface area contributed by atoms with Crippen LogP contribution in [0.3, 0.4) is 0 Å². The van der Waals surface area contributed by atoms with Crippen LogP contribution in [0.1, 0.15) is 38.5 Å². The highest BCUT2D eigenvalue weighted by atomic mass is 16.4. The van der Waals surface area contributed by atoms with E-state index in [-0.39, 0.29) is 23.3 Å². The average molecular weight is 364 g/mol. The Hall–Kier alpha value is -1.18. The number of carboxylic acids is 1. The molecule has 4 rings (SSSR count). The predicted octanol–water partition coefficient (Wildman–Crippen LogP) is 0.114. The van der Waals surface area contributed by atoms with Gasteiger partial charge in [0.1, 0.15) is 0 Å². The van der Waals surface area contributed by atoms with Crippen molar-refractivity contribution in [3.05, 3.63) is 0 Å². The summed E-state index contributed by atoms with van der Waals surface area (Å²) in [5.41, 5.74) is -0.0586. The summed E-state index contributed by atoms with van der Waals surface area (Å²) in [7, 11) is 1.73. The number of nitrogens with zero attached hydrogens (tertiary/aromatic N) is 2. The number of carboxylic acid groups (broad SMARTS) is 1. The second-order valence-corrected chi connectivity index (χ2v) is 8.59. The lowest BCUT2D eigenvalue weighted by atomic mass is 9.58. The van der Waals surface area contributed by atoms with Crippen molar-refractivity contribution in [2.24, 2.45) is 11.3 Å². The van der Waals surface area contributed by atoms with E-state index >= 15 is 0 Å². The quantitative estimate of drug-likeness (QED) is 0.657. The molecule has 4 fully saturated rings. The van der Waals surface area contributed by atoms with Crippen molar-refractivity contribution in [2.45, 2.75) is 56.7 Å². The van der Waals surface area contributed by atoms with E-state index in [2.05, 4.69) is 20.4 Å². The van der Waals surface area contributed by atoms with Gasteiger partial charge in [0.05, 0.1) is 12.0 Å². The summed E-state index contributed by atoms with van der Waals surface area (Å²) in [6.45, 7) is 4.55. The monoisotopic (exact) mass is 364 g/mol. The maximum Gasteiger partial charge on any atom is 0.308 e. The molecule has 0 aromatic carbocycles. The lowest BCUT2D eigenvalue weighted by Crippen LogP contribution is -2.62. The molecule has 4 aliphatic rings. The molecule has 3 saturated heterocycles. The van der Waals surface area contributed by atoms with E-state index in [1.807, 2.05) is 0 Å². The summed E-state index contributed by atoms with van der Waals surface area (Å²) in [6, 6.07) is 0.943. The fourth-order valence-electron chi connectivity index (χ4n) is 6.12. The molecule has 3 aliphatic heterocycles.